The Morgan fingerprint density at radius 3 is 2.55 bits per heavy atom. The fraction of sp³-hybridized carbons (Fsp3) is 0.379. The lowest BCUT2D eigenvalue weighted by atomic mass is 9.99. The summed E-state index contributed by atoms with van der Waals surface area (Å²) in [5.74, 6) is 1.91. The van der Waals surface area contributed by atoms with E-state index in [2.05, 4.69) is 82.6 Å². The Labute approximate surface area is 197 Å². The van der Waals surface area contributed by atoms with E-state index in [1.54, 1.807) is 7.11 Å². The SMILES string of the molecule is COc1ccc(CCCN2CCCC[C@@H]2CN2c3ccccc3COc3ccccc32)cc1. The number of benzene rings is 3. The van der Waals surface area contributed by atoms with E-state index in [0.29, 0.717) is 12.6 Å². The fourth-order valence-electron chi connectivity index (χ4n) is 5.23. The van der Waals surface area contributed by atoms with Crippen LogP contribution < -0.4 is 14.4 Å². The summed E-state index contributed by atoms with van der Waals surface area (Å²) in [7, 11) is 1.72. The van der Waals surface area contributed by atoms with Gasteiger partial charge in [0.25, 0.3) is 0 Å². The third kappa shape index (κ3) is 5.01. The van der Waals surface area contributed by atoms with Crippen molar-refractivity contribution in [1.82, 2.24) is 4.90 Å². The Balaban J connectivity index is 1.31. The van der Waals surface area contributed by atoms with E-state index in [0.717, 1.165) is 31.0 Å². The van der Waals surface area contributed by atoms with Crippen LogP contribution in [0, 0.1) is 0 Å². The van der Waals surface area contributed by atoms with Gasteiger partial charge in [-0.2, -0.15) is 0 Å². The molecule has 1 atom stereocenters. The molecule has 0 unspecified atom stereocenters. The molecule has 2 heterocycles. The normalized spacial score (nSPS) is 18.1. The van der Waals surface area contributed by atoms with Crippen LogP contribution in [0.15, 0.2) is 72.8 Å². The number of anilines is 2. The summed E-state index contributed by atoms with van der Waals surface area (Å²) >= 11 is 0. The summed E-state index contributed by atoms with van der Waals surface area (Å²) in [6.45, 7) is 3.96. The zero-order valence-electron chi connectivity index (χ0n) is 19.6. The molecule has 2 aliphatic heterocycles. The Bertz CT molecular complexity index is 1000. The molecule has 2 aliphatic rings. The molecule has 0 N–H and O–H groups in total. The third-order valence-corrected chi connectivity index (χ3v) is 7.03. The molecule has 0 saturated carbocycles. The van der Waals surface area contributed by atoms with Gasteiger partial charge in [0.05, 0.1) is 12.8 Å². The second-order valence-corrected chi connectivity index (χ2v) is 9.13. The van der Waals surface area contributed by atoms with Crippen molar-refractivity contribution in [3.8, 4) is 11.5 Å². The smallest absolute Gasteiger partial charge is 0.143 e. The maximum Gasteiger partial charge on any atom is 0.143 e. The van der Waals surface area contributed by atoms with E-state index < -0.39 is 0 Å². The Morgan fingerprint density at radius 1 is 0.909 bits per heavy atom. The summed E-state index contributed by atoms with van der Waals surface area (Å²) in [5, 5.41) is 0. The highest BCUT2D eigenvalue weighted by atomic mass is 16.5. The molecule has 4 heteroatoms. The van der Waals surface area contributed by atoms with Gasteiger partial charge in [-0.15, -0.1) is 0 Å². The number of rotatable bonds is 7. The number of nitrogens with zero attached hydrogens (tertiary/aromatic N) is 2. The fourth-order valence-corrected chi connectivity index (χ4v) is 5.23. The van der Waals surface area contributed by atoms with Crippen LogP contribution in [0.25, 0.3) is 0 Å². The summed E-state index contributed by atoms with van der Waals surface area (Å²) < 4.78 is 11.5. The molecule has 0 amide bonds. The average Bonchev–Trinajstić information content (AvgIpc) is 3.03. The predicted molar refractivity (Wildman–Crippen MR) is 135 cm³/mol. The van der Waals surface area contributed by atoms with E-state index in [4.69, 9.17) is 9.47 Å². The molecule has 172 valence electrons. The molecule has 3 aromatic rings. The number of methoxy groups -OCH3 is 1. The van der Waals surface area contributed by atoms with Gasteiger partial charge in [-0.3, -0.25) is 4.90 Å². The van der Waals surface area contributed by atoms with Crippen molar-refractivity contribution in [2.45, 2.75) is 44.8 Å². The lowest BCUT2D eigenvalue weighted by molar-refractivity contribution is 0.151. The van der Waals surface area contributed by atoms with Crippen LogP contribution in [0.3, 0.4) is 0 Å². The molecular weight excluding hydrogens is 408 g/mol. The second-order valence-electron chi connectivity index (χ2n) is 9.13. The lowest BCUT2D eigenvalue weighted by Gasteiger charge is -2.39. The predicted octanol–water partition coefficient (Wildman–Crippen LogP) is 6.21. The Kier molecular flexibility index (Phi) is 6.82. The maximum atomic E-state index is 6.19. The number of hydrogen-bond donors (Lipinski definition) is 0. The molecule has 0 spiro atoms. The quantitative estimate of drug-likeness (QED) is 0.434. The molecule has 1 fully saturated rings. The highest BCUT2D eigenvalue weighted by molar-refractivity contribution is 5.72. The van der Waals surface area contributed by atoms with Crippen LogP contribution in [0.1, 0.15) is 36.8 Å². The van der Waals surface area contributed by atoms with Crippen molar-refractivity contribution in [1.29, 1.82) is 0 Å². The first-order valence-electron chi connectivity index (χ1n) is 12.3. The maximum absolute atomic E-state index is 6.19. The van der Waals surface area contributed by atoms with E-state index in [1.807, 2.05) is 0 Å². The first-order valence-corrected chi connectivity index (χ1v) is 12.3. The van der Waals surface area contributed by atoms with Crippen LogP contribution in [0.4, 0.5) is 11.4 Å². The number of ether oxygens (including phenoxy) is 2. The number of piperidine rings is 1. The van der Waals surface area contributed by atoms with Crippen molar-refractivity contribution in [2.75, 3.05) is 31.6 Å². The summed E-state index contributed by atoms with van der Waals surface area (Å²) in [4.78, 5) is 5.23. The number of para-hydroxylation sites is 3. The van der Waals surface area contributed by atoms with Gasteiger partial charge in [-0.1, -0.05) is 48.9 Å². The zero-order chi connectivity index (χ0) is 22.5. The van der Waals surface area contributed by atoms with E-state index in [9.17, 15) is 0 Å². The topological polar surface area (TPSA) is 24.9 Å². The number of hydrogen-bond acceptors (Lipinski definition) is 4. The van der Waals surface area contributed by atoms with Gasteiger partial charge in [0.15, 0.2) is 0 Å². The van der Waals surface area contributed by atoms with Gasteiger partial charge in [0.2, 0.25) is 0 Å². The van der Waals surface area contributed by atoms with Crippen LogP contribution in [0.2, 0.25) is 0 Å². The minimum atomic E-state index is 0.550. The van der Waals surface area contributed by atoms with E-state index >= 15 is 0 Å². The third-order valence-electron chi connectivity index (χ3n) is 7.03. The standard InChI is InChI=1S/C29H34N2O2/c1-32-26-17-15-23(16-18-26)9-8-20-30-19-7-6-11-25(30)21-31-27-12-3-2-10-24(27)22-33-29-14-5-4-13-28(29)31/h2-5,10,12-18,25H,6-9,11,19-22H2,1H3/t25-/m1/s1. The highest BCUT2D eigenvalue weighted by Gasteiger charge is 2.28. The van der Waals surface area contributed by atoms with Gasteiger partial charge >= 0.3 is 0 Å². The number of aryl methyl sites for hydroxylation is 1. The van der Waals surface area contributed by atoms with Gasteiger partial charge in [-0.05, 0) is 74.7 Å². The summed E-state index contributed by atoms with van der Waals surface area (Å²) in [6.07, 6.45) is 6.16. The van der Waals surface area contributed by atoms with Crippen LogP contribution in [-0.4, -0.2) is 37.7 Å². The van der Waals surface area contributed by atoms with Crippen molar-refractivity contribution < 1.29 is 9.47 Å². The largest absolute Gasteiger partial charge is 0.497 e. The van der Waals surface area contributed by atoms with Crippen molar-refractivity contribution >= 4 is 11.4 Å². The molecule has 4 nitrogen and oxygen atoms in total. The van der Waals surface area contributed by atoms with Gasteiger partial charge < -0.3 is 14.4 Å². The van der Waals surface area contributed by atoms with Crippen molar-refractivity contribution in [2.24, 2.45) is 0 Å². The molecular formula is C29H34N2O2. The first-order chi connectivity index (χ1) is 16.3. The van der Waals surface area contributed by atoms with Crippen molar-refractivity contribution in [3.63, 3.8) is 0 Å². The first kappa shape index (κ1) is 21.8. The van der Waals surface area contributed by atoms with E-state index in [1.165, 1.54) is 54.7 Å². The molecule has 0 aliphatic carbocycles. The van der Waals surface area contributed by atoms with Crippen LogP contribution in [-0.2, 0) is 13.0 Å². The molecule has 0 aromatic heterocycles. The van der Waals surface area contributed by atoms with Gasteiger partial charge in [0, 0.05) is 23.8 Å². The Morgan fingerprint density at radius 2 is 1.70 bits per heavy atom. The zero-order valence-corrected chi connectivity index (χ0v) is 19.6. The highest BCUT2D eigenvalue weighted by Crippen LogP contribution is 2.40. The molecule has 3 aromatic carbocycles. The summed E-state index contributed by atoms with van der Waals surface area (Å²) in [5.41, 5.74) is 5.12. The lowest BCUT2D eigenvalue weighted by Crippen LogP contribution is -2.46. The number of likely N-dealkylation sites (tertiary alicyclic amines) is 1. The number of fused-ring (bicyclic) bond motifs is 2. The molecule has 0 radical (unpaired) electrons. The minimum Gasteiger partial charge on any atom is -0.497 e. The van der Waals surface area contributed by atoms with E-state index in [-0.39, 0.29) is 0 Å². The minimum absolute atomic E-state index is 0.550. The van der Waals surface area contributed by atoms with Gasteiger partial charge in [0.1, 0.15) is 18.1 Å². The second kappa shape index (κ2) is 10.3. The average molecular weight is 443 g/mol. The monoisotopic (exact) mass is 442 g/mol. The van der Waals surface area contributed by atoms with Crippen molar-refractivity contribution in [3.05, 3.63) is 83.9 Å². The molecule has 1 saturated heterocycles. The van der Waals surface area contributed by atoms with Crippen LogP contribution in [0.5, 0.6) is 11.5 Å². The van der Waals surface area contributed by atoms with Crippen LogP contribution >= 0.6 is 0 Å². The molecule has 5 rings (SSSR count). The summed E-state index contributed by atoms with van der Waals surface area (Å²) in [6, 6.07) is 26.3. The Hall–Kier alpha value is -2.98. The van der Waals surface area contributed by atoms with Gasteiger partial charge in [-0.25, -0.2) is 0 Å². The molecule has 0 bridgehead atoms. The molecule has 33 heavy (non-hydrogen) atoms.